The Morgan fingerprint density at radius 2 is 2.39 bits per heavy atom. The maximum atomic E-state index is 5.92. The minimum atomic E-state index is 0.798. The first-order valence-electron chi connectivity index (χ1n) is 6.79. The van der Waals surface area contributed by atoms with Crippen molar-refractivity contribution in [1.82, 2.24) is 10.2 Å². The molecule has 1 aromatic heterocycles. The molecule has 0 aliphatic carbocycles. The topological polar surface area (TPSA) is 28.4 Å². The summed E-state index contributed by atoms with van der Waals surface area (Å²) in [6, 6.07) is 2.19. The molecule has 0 radical (unpaired) electrons. The van der Waals surface area contributed by atoms with E-state index in [9.17, 15) is 0 Å². The Balaban J connectivity index is 1.94. The number of hydrogen-bond acceptors (Lipinski definition) is 4. The van der Waals surface area contributed by atoms with Crippen LogP contribution < -0.4 is 5.32 Å². The quantitative estimate of drug-likeness (QED) is 0.888. The van der Waals surface area contributed by atoms with Crippen molar-refractivity contribution in [3.63, 3.8) is 0 Å². The molecule has 1 atom stereocenters. The first-order valence-corrected chi connectivity index (χ1v) is 7.84. The van der Waals surface area contributed by atoms with Crippen LogP contribution in [0.25, 0.3) is 0 Å². The first kappa shape index (κ1) is 14.0. The lowest BCUT2D eigenvalue weighted by molar-refractivity contribution is 0.247. The van der Waals surface area contributed by atoms with Crippen LogP contribution in [-0.2, 0) is 13.1 Å². The van der Waals surface area contributed by atoms with E-state index < -0.39 is 0 Å². The minimum absolute atomic E-state index is 0.798. The van der Waals surface area contributed by atoms with E-state index in [1.54, 1.807) is 0 Å². The molecule has 1 saturated heterocycles. The Hall–Kier alpha value is -0.450. The van der Waals surface area contributed by atoms with Crippen LogP contribution >= 0.6 is 11.8 Å². The molecule has 0 amide bonds. The van der Waals surface area contributed by atoms with Crippen LogP contribution in [0.1, 0.15) is 30.4 Å². The summed E-state index contributed by atoms with van der Waals surface area (Å²) in [5.74, 6) is 3.44. The zero-order valence-corrected chi connectivity index (χ0v) is 12.5. The summed E-state index contributed by atoms with van der Waals surface area (Å²) in [4.78, 5) is 2.52. The molecule has 1 N–H and O–H groups in total. The van der Waals surface area contributed by atoms with Crippen LogP contribution in [0.2, 0.25) is 0 Å². The van der Waals surface area contributed by atoms with E-state index in [0.717, 1.165) is 29.9 Å². The second-order valence-electron chi connectivity index (χ2n) is 4.99. The molecule has 1 unspecified atom stereocenters. The number of nitrogens with zero attached hydrogens (tertiary/aromatic N) is 1. The highest BCUT2D eigenvalue weighted by molar-refractivity contribution is 8.00. The number of hydrogen-bond donors (Lipinski definition) is 1. The van der Waals surface area contributed by atoms with Crippen molar-refractivity contribution in [2.45, 2.75) is 38.6 Å². The number of thioether (sulfide) groups is 1. The predicted molar refractivity (Wildman–Crippen MR) is 78.0 cm³/mol. The summed E-state index contributed by atoms with van der Waals surface area (Å²) in [6.45, 7) is 8.56. The predicted octanol–water partition coefficient (Wildman–Crippen LogP) is 2.63. The van der Waals surface area contributed by atoms with Gasteiger partial charge in [-0.25, -0.2) is 0 Å². The van der Waals surface area contributed by atoms with Gasteiger partial charge in [-0.15, -0.1) is 0 Å². The zero-order chi connectivity index (χ0) is 13.0. The SMILES string of the molecule is CCC1CN(Cc2cc(C)c(CNC)o2)CCS1. The summed E-state index contributed by atoms with van der Waals surface area (Å²) in [6.07, 6.45) is 1.27. The standard InChI is InChI=1S/C14H24N2OS/c1-4-13-10-16(5-6-18-13)9-12-7-11(2)14(17-12)8-15-3/h7,13,15H,4-6,8-10H2,1-3H3. The lowest BCUT2D eigenvalue weighted by Crippen LogP contribution is -2.36. The molecule has 1 aliphatic rings. The molecule has 102 valence electrons. The van der Waals surface area contributed by atoms with E-state index >= 15 is 0 Å². The smallest absolute Gasteiger partial charge is 0.120 e. The summed E-state index contributed by atoms with van der Waals surface area (Å²) in [5.41, 5.74) is 1.26. The first-order chi connectivity index (χ1) is 8.72. The minimum Gasteiger partial charge on any atom is -0.463 e. The Kier molecular flexibility index (Phi) is 5.15. The van der Waals surface area contributed by atoms with Gasteiger partial charge in [-0.2, -0.15) is 11.8 Å². The maximum Gasteiger partial charge on any atom is 0.120 e. The van der Waals surface area contributed by atoms with Gasteiger partial charge in [0.1, 0.15) is 11.5 Å². The van der Waals surface area contributed by atoms with Crippen molar-refractivity contribution in [2.75, 3.05) is 25.9 Å². The molecule has 1 aromatic rings. The van der Waals surface area contributed by atoms with Gasteiger partial charge >= 0.3 is 0 Å². The van der Waals surface area contributed by atoms with Crippen molar-refractivity contribution in [3.8, 4) is 0 Å². The molecule has 1 aliphatic heterocycles. The third kappa shape index (κ3) is 3.53. The fourth-order valence-electron chi connectivity index (χ4n) is 2.40. The van der Waals surface area contributed by atoms with Crippen LogP contribution in [-0.4, -0.2) is 36.0 Å². The van der Waals surface area contributed by atoms with Crippen LogP contribution in [0, 0.1) is 6.92 Å². The molecule has 3 nitrogen and oxygen atoms in total. The van der Waals surface area contributed by atoms with Crippen molar-refractivity contribution in [2.24, 2.45) is 0 Å². The molecule has 18 heavy (non-hydrogen) atoms. The lowest BCUT2D eigenvalue weighted by atomic mass is 10.2. The highest BCUT2D eigenvalue weighted by Gasteiger charge is 2.20. The van der Waals surface area contributed by atoms with E-state index in [1.165, 1.54) is 30.8 Å². The molecule has 4 heteroatoms. The number of rotatable bonds is 5. The van der Waals surface area contributed by atoms with Crippen molar-refractivity contribution in [1.29, 1.82) is 0 Å². The van der Waals surface area contributed by atoms with Crippen LogP contribution in [0.15, 0.2) is 10.5 Å². The summed E-state index contributed by atoms with van der Waals surface area (Å²) >= 11 is 2.11. The molecule has 2 rings (SSSR count). The van der Waals surface area contributed by atoms with Gasteiger partial charge in [-0.1, -0.05) is 6.92 Å². The zero-order valence-electron chi connectivity index (χ0n) is 11.7. The second kappa shape index (κ2) is 6.64. The molecule has 1 fully saturated rings. The van der Waals surface area contributed by atoms with Gasteiger partial charge in [0, 0.05) is 24.1 Å². The summed E-state index contributed by atoms with van der Waals surface area (Å²) < 4.78 is 5.92. The van der Waals surface area contributed by atoms with E-state index in [4.69, 9.17) is 4.42 Å². The Morgan fingerprint density at radius 3 is 3.11 bits per heavy atom. The Bertz CT molecular complexity index is 378. The third-order valence-corrected chi connectivity index (χ3v) is 4.84. The summed E-state index contributed by atoms with van der Waals surface area (Å²) in [7, 11) is 1.95. The molecular formula is C14H24N2OS. The van der Waals surface area contributed by atoms with E-state index in [1.807, 2.05) is 7.05 Å². The van der Waals surface area contributed by atoms with Crippen molar-refractivity contribution < 1.29 is 4.42 Å². The Morgan fingerprint density at radius 1 is 1.56 bits per heavy atom. The van der Waals surface area contributed by atoms with Crippen LogP contribution in [0.4, 0.5) is 0 Å². The normalized spacial score (nSPS) is 21.4. The number of furan rings is 1. The highest BCUT2D eigenvalue weighted by atomic mass is 32.2. The fraction of sp³-hybridized carbons (Fsp3) is 0.714. The maximum absolute atomic E-state index is 5.92. The molecule has 0 spiro atoms. The van der Waals surface area contributed by atoms with E-state index in [0.29, 0.717) is 0 Å². The van der Waals surface area contributed by atoms with Gasteiger partial charge in [0.05, 0.1) is 13.1 Å². The van der Waals surface area contributed by atoms with E-state index in [2.05, 4.69) is 41.9 Å². The van der Waals surface area contributed by atoms with E-state index in [-0.39, 0.29) is 0 Å². The van der Waals surface area contributed by atoms with Gasteiger partial charge in [0.15, 0.2) is 0 Å². The lowest BCUT2D eigenvalue weighted by Gasteiger charge is -2.31. The van der Waals surface area contributed by atoms with Gasteiger partial charge in [0.25, 0.3) is 0 Å². The van der Waals surface area contributed by atoms with Gasteiger partial charge in [0.2, 0.25) is 0 Å². The molecule has 2 heterocycles. The average Bonchev–Trinajstić information content (AvgIpc) is 2.70. The van der Waals surface area contributed by atoms with Crippen molar-refractivity contribution >= 4 is 11.8 Å². The number of nitrogens with one attached hydrogen (secondary N) is 1. The monoisotopic (exact) mass is 268 g/mol. The number of aryl methyl sites for hydroxylation is 1. The molecule has 0 saturated carbocycles. The molecule has 0 aromatic carbocycles. The third-order valence-electron chi connectivity index (χ3n) is 3.47. The highest BCUT2D eigenvalue weighted by Crippen LogP contribution is 2.23. The fourth-order valence-corrected chi connectivity index (χ4v) is 3.64. The van der Waals surface area contributed by atoms with Gasteiger partial charge in [-0.05, 0) is 32.0 Å². The Labute approximate surface area is 114 Å². The molecule has 0 bridgehead atoms. The molecular weight excluding hydrogens is 244 g/mol. The van der Waals surface area contributed by atoms with Crippen LogP contribution in [0.3, 0.4) is 0 Å². The average molecular weight is 268 g/mol. The van der Waals surface area contributed by atoms with Gasteiger partial charge in [-0.3, -0.25) is 4.90 Å². The largest absolute Gasteiger partial charge is 0.463 e. The second-order valence-corrected chi connectivity index (χ2v) is 6.39. The summed E-state index contributed by atoms with van der Waals surface area (Å²) in [5, 5.41) is 3.95. The van der Waals surface area contributed by atoms with Crippen LogP contribution in [0.5, 0.6) is 0 Å². The van der Waals surface area contributed by atoms with Crippen molar-refractivity contribution in [3.05, 3.63) is 23.2 Å². The van der Waals surface area contributed by atoms with Gasteiger partial charge < -0.3 is 9.73 Å².